The van der Waals surface area contributed by atoms with Crippen LogP contribution in [0.3, 0.4) is 0 Å². The molecule has 1 amide bonds. The molecule has 2 rings (SSSR count). The van der Waals surface area contributed by atoms with E-state index in [0.29, 0.717) is 5.56 Å². The molecule has 1 aromatic carbocycles. The number of anilines is 1. The molecule has 0 aliphatic heterocycles. The summed E-state index contributed by atoms with van der Waals surface area (Å²) < 4.78 is 27.0. The van der Waals surface area contributed by atoms with Crippen molar-refractivity contribution in [3.63, 3.8) is 0 Å². The smallest absolute Gasteiger partial charge is 0.256 e. The Morgan fingerprint density at radius 1 is 1.35 bits per heavy atom. The first-order chi connectivity index (χ1) is 8.08. The molecule has 1 N–H and O–H groups in total. The van der Waals surface area contributed by atoms with Gasteiger partial charge in [-0.2, -0.15) is 0 Å². The van der Waals surface area contributed by atoms with E-state index in [9.17, 15) is 13.6 Å². The van der Waals surface area contributed by atoms with Crippen molar-refractivity contribution in [2.45, 2.75) is 0 Å². The molecule has 1 aromatic heterocycles. The standard InChI is InChI=1S/C11H6BrF2NOS/c12-9-4-6(5-17-9)11(16)15-8-3-1-2-7(13)10(8)14/h1-5H,(H,15,16). The molecule has 0 saturated carbocycles. The van der Waals surface area contributed by atoms with Gasteiger partial charge in [-0.15, -0.1) is 11.3 Å². The Morgan fingerprint density at radius 2 is 2.12 bits per heavy atom. The van der Waals surface area contributed by atoms with E-state index < -0.39 is 17.5 Å². The zero-order chi connectivity index (χ0) is 12.4. The minimum atomic E-state index is -1.06. The molecular weight excluding hydrogens is 312 g/mol. The number of thiophene rings is 1. The molecule has 0 saturated heterocycles. The normalized spacial score (nSPS) is 10.3. The number of hydrogen-bond acceptors (Lipinski definition) is 2. The minimum Gasteiger partial charge on any atom is -0.319 e. The first-order valence-electron chi connectivity index (χ1n) is 4.57. The lowest BCUT2D eigenvalue weighted by atomic mass is 10.2. The first kappa shape index (κ1) is 12.2. The molecule has 0 radical (unpaired) electrons. The molecule has 2 nitrogen and oxygen atoms in total. The van der Waals surface area contributed by atoms with Crippen LogP contribution in [-0.4, -0.2) is 5.91 Å². The van der Waals surface area contributed by atoms with Gasteiger partial charge >= 0.3 is 0 Å². The van der Waals surface area contributed by atoms with Crippen LogP contribution in [0.5, 0.6) is 0 Å². The van der Waals surface area contributed by atoms with Crippen LogP contribution in [0.1, 0.15) is 10.4 Å². The van der Waals surface area contributed by atoms with Crippen molar-refractivity contribution in [1.29, 1.82) is 0 Å². The highest BCUT2D eigenvalue weighted by molar-refractivity contribution is 9.11. The van der Waals surface area contributed by atoms with Crippen LogP contribution in [0, 0.1) is 11.6 Å². The summed E-state index contributed by atoms with van der Waals surface area (Å²) in [5.41, 5.74) is 0.225. The highest BCUT2D eigenvalue weighted by atomic mass is 79.9. The maximum Gasteiger partial charge on any atom is 0.256 e. The Kier molecular flexibility index (Phi) is 3.54. The maximum atomic E-state index is 13.3. The number of benzene rings is 1. The third kappa shape index (κ3) is 2.70. The summed E-state index contributed by atoms with van der Waals surface area (Å²) in [6.07, 6.45) is 0. The van der Waals surface area contributed by atoms with Crippen molar-refractivity contribution in [2.75, 3.05) is 5.32 Å². The molecule has 0 aliphatic rings. The molecule has 0 spiro atoms. The van der Waals surface area contributed by atoms with Crippen molar-refractivity contribution < 1.29 is 13.6 Å². The highest BCUT2D eigenvalue weighted by Gasteiger charge is 2.13. The van der Waals surface area contributed by atoms with Crippen molar-refractivity contribution in [3.05, 3.63) is 50.6 Å². The molecule has 0 bridgehead atoms. The van der Waals surface area contributed by atoms with Gasteiger partial charge in [-0.25, -0.2) is 8.78 Å². The van der Waals surface area contributed by atoms with Gasteiger partial charge in [0.2, 0.25) is 0 Å². The Balaban J connectivity index is 2.21. The fourth-order valence-corrected chi connectivity index (χ4v) is 2.36. The Bertz CT molecular complexity index is 570. The van der Waals surface area contributed by atoms with E-state index in [2.05, 4.69) is 21.2 Å². The van der Waals surface area contributed by atoms with Crippen LogP contribution in [-0.2, 0) is 0 Å². The zero-order valence-electron chi connectivity index (χ0n) is 8.34. The molecule has 0 aliphatic carbocycles. The highest BCUT2D eigenvalue weighted by Crippen LogP contribution is 2.22. The summed E-state index contributed by atoms with van der Waals surface area (Å²) >= 11 is 4.56. The van der Waals surface area contributed by atoms with E-state index in [4.69, 9.17) is 0 Å². The van der Waals surface area contributed by atoms with Gasteiger partial charge in [0, 0.05) is 5.38 Å². The van der Waals surface area contributed by atoms with Crippen molar-refractivity contribution in [2.24, 2.45) is 0 Å². The number of nitrogens with one attached hydrogen (secondary N) is 1. The second-order valence-electron chi connectivity index (χ2n) is 3.19. The Morgan fingerprint density at radius 3 is 2.76 bits per heavy atom. The van der Waals surface area contributed by atoms with Crippen LogP contribution in [0.2, 0.25) is 0 Å². The molecule has 0 fully saturated rings. The van der Waals surface area contributed by atoms with E-state index in [1.807, 2.05) is 0 Å². The van der Waals surface area contributed by atoms with E-state index in [1.165, 1.54) is 23.5 Å². The predicted octanol–water partition coefficient (Wildman–Crippen LogP) is 4.04. The number of carbonyl (C=O) groups is 1. The van der Waals surface area contributed by atoms with Crippen LogP contribution in [0.4, 0.5) is 14.5 Å². The fraction of sp³-hybridized carbons (Fsp3) is 0. The van der Waals surface area contributed by atoms with E-state index in [1.54, 1.807) is 11.4 Å². The zero-order valence-corrected chi connectivity index (χ0v) is 10.7. The molecule has 6 heteroatoms. The monoisotopic (exact) mass is 317 g/mol. The van der Waals surface area contributed by atoms with Crippen molar-refractivity contribution >= 4 is 38.9 Å². The number of carbonyl (C=O) groups excluding carboxylic acids is 1. The lowest BCUT2D eigenvalue weighted by Gasteiger charge is -2.05. The topological polar surface area (TPSA) is 29.1 Å². The predicted molar refractivity (Wildman–Crippen MR) is 66.3 cm³/mol. The fourth-order valence-electron chi connectivity index (χ4n) is 1.22. The first-order valence-corrected chi connectivity index (χ1v) is 6.24. The maximum absolute atomic E-state index is 13.3. The molecule has 17 heavy (non-hydrogen) atoms. The lowest BCUT2D eigenvalue weighted by Crippen LogP contribution is -2.12. The number of halogens is 3. The molecule has 0 atom stereocenters. The second-order valence-corrected chi connectivity index (χ2v) is 5.49. The second kappa shape index (κ2) is 4.93. The van der Waals surface area contributed by atoms with E-state index >= 15 is 0 Å². The Hall–Kier alpha value is -1.27. The van der Waals surface area contributed by atoms with Crippen LogP contribution < -0.4 is 5.32 Å². The summed E-state index contributed by atoms with van der Waals surface area (Å²) in [5, 5.41) is 3.93. The third-order valence-corrected chi connectivity index (χ3v) is 3.53. The molecule has 88 valence electrons. The Labute approximate surface area is 108 Å². The van der Waals surface area contributed by atoms with Gasteiger partial charge in [0.1, 0.15) is 0 Å². The summed E-state index contributed by atoms with van der Waals surface area (Å²) in [7, 11) is 0. The summed E-state index contributed by atoms with van der Waals surface area (Å²) in [6, 6.07) is 5.23. The average Bonchev–Trinajstić information content (AvgIpc) is 2.72. The average molecular weight is 318 g/mol. The lowest BCUT2D eigenvalue weighted by molar-refractivity contribution is 0.102. The summed E-state index contributed by atoms with van der Waals surface area (Å²) in [6.45, 7) is 0. The molecule has 1 heterocycles. The summed E-state index contributed by atoms with van der Waals surface area (Å²) in [4.78, 5) is 11.7. The molecule has 2 aromatic rings. The number of hydrogen-bond donors (Lipinski definition) is 1. The van der Waals surface area contributed by atoms with Gasteiger partial charge in [0.25, 0.3) is 5.91 Å². The van der Waals surface area contributed by atoms with Gasteiger partial charge in [-0.1, -0.05) is 6.07 Å². The number of amides is 1. The van der Waals surface area contributed by atoms with Crippen LogP contribution in [0.15, 0.2) is 33.4 Å². The minimum absolute atomic E-state index is 0.169. The van der Waals surface area contributed by atoms with Gasteiger partial charge in [-0.3, -0.25) is 4.79 Å². The van der Waals surface area contributed by atoms with E-state index in [-0.39, 0.29) is 5.69 Å². The number of rotatable bonds is 2. The quantitative estimate of drug-likeness (QED) is 0.889. The molecule has 0 unspecified atom stereocenters. The van der Waals surface area contributed by atoms with E-state index in [0.717, 1.165) is 9.85 Å². The SMILES string of the molecule is O=C(Nc1cccc(F)c1F)c1csc(Br)c1. The third-order valence-electron chi connectivity index (χ3n) is 2.03. The van der Waals surface area contributed by atoms with Crippen molar-refractivity contribution in [1.82, 2.24) is 0 Å². The largest absolute Gasteiger partial charge is 0.319 e. The van der Waals surface area contributed by atoms with Crippen LogP contribution in [0.25, 0.3) is 0 Å². The molecular formula is C11H6BrF2NOS. The summed E-state index contributed by atoms with van der Waals surface area (Å²) in [5.74, 6) is -2.53. The van der Waals surface area contributed by atoms with Gasteiger partial charge in [0.15, 0.2) is 11.6 Å². The van der Waals surface area contributed by atoms with Gasteiger partial charge in [-0.05, 0) is 34.1 Å². The van der Waals surface area contributed by atoms with Gasteiger partial charge < -0.3 is 5.32 Å². The van der Waals surface area contributed by atoms with Crippen LogP contribution >= 0.6 is 27.3 Å². The van der Waals surface area contributed by atoms with Crippen molar-refractivity contribution in [3.8, 4) is 0 Å². The van der Waals surface area contributed by atoms with Gasteiger partial charge in [0.05, 0.1) is 15.0 Å².